The number of pyridine rings is 1. The van der Waals surface area contributed by atoms with Gasteiger partial charge in [-0.3, -0.25) is 15.1 Å². The molecule has 0 aromatic carbocycles. The molecule has 7 heteroatoms. The molecule has 6 nitrogen and oxygen atoms in total. The lowest BCUT2D eigenvalue weighted by Gasteiger charge is -2.26. The van der Waals surface area contributed by atoms with Crippen molar-refractivity contribution < 1.29 is 19.1 Å². The van der Waals surface area contributed by atoms with E-state index in [1.807, 2.05) is 26.0 Å². The molecule has 1 aromatic rings. The molecule has 0 saturated carbocycles. The van der Waals surface area contributed by atoms with Crippen LogP contribution in [0.5, 0.6) is 0 Å². The van der Waals surface area contributed by atoms with Crippen molar-refractivity contribution in [2.24, 2.45) is 0 Å². The molecule has 2 heterocycles. The van der Waals surface area contributed by atoms with Crippen LogP contribution in [0.25, 0.3) is 0 Å². The zero-order valence-electron chi connectivity index (χ0n) is 13.6. The molecule has 1 aliphatic heterocycles. The van der Waals surface area contributed by atoms with Gasteiger partial charge in [0.2, 0.25) is 0 Å². The van der Waals surface area contributed by atoms with Crippen LogP contribution in [0.3, 0.4) is 0 Å². The molecule has 1 aromatic heterocycles. The molecule has 2 atom stereocenters. The first-order valence-electron chi connectivity index (χ1n) is 7.46. The van der Waals surface area contributed by atoms with Gasteiger partial charge in [-0.25, -0.2) is 4.79 Å². The zero-order chi connectivity index (χ0) is 16.9. The fraction of sp³-hybridized carbons (Fsp3) is 0.562. The van der Waals surface area contributed by atoms with E-state index in [0.29, 0.717) is 12.2 Å². The van der Waals surface area contributed by atoms with E-state index in [1.165, 1.54) is 18.9 Å². The number of hydrogen-bond donors (Lipinski definition) is 1. The van der Waals surface area contributed by atoms with Crippen molar-refractivity contribution in [3.63, 3.8) is 0 Å². The molecular weight excluding hydrogens is 316 g/mol. The summed E-state index contributed by atoms with van der Waals surface area (Å²) >= 11 is 1.45. The van der Waals surface area contributed by atoms with Crippen LogP contribution >= 0.6 is 11.8 Å². The first kappa shape index (κ1) is 17.7. The highest BCUT2D eigenvalue weighted by atomic mass is 32.2. The molecule has 0 amide bonds. The lowest BCUT2D eigenvalue weighted by atomic mass is 10.00. The van der Waals surface area contributed by atoms with Gasteiger partial charge in [0.05, 0.1) is 13.5 Å². The number of carbonyl (C=O) groups is 2. The van der Waals surface area contributed by atoms with Crippen molar-refractivity contribution in [1.82, 2.24) is 10.3 Å². The number of methoxy groups -OCH3 is 1. The summed E-state index contributed by atoms with van der Waals surface area (Å²) in [5.41, 5.74) is 0.392. The van der Waals surface area contributed by atoms with E-state index in [0.717, 1.165) is 5.56 Å². The highest BCUT2D eigenvalue weighted by Gasteiger charge is 2.35. The van der Waals surface area contributed by atoms with Gasteiger partial charge >= 0.3 is 11.9 Å². The fourth-order valence-corrected chi connectivity index (χ4v) is 3.53. The monoisotopic (exact) mass is 338 g/mol. The Labute approximate surface area is 140 Å². The summed E-state index contributed by atoms with van der Waals surface area (Å²) in [7, 11) is 1.36. The fourth-order valence-electron chi connectivity index (χ4n) is 2.42. The van der Waals surface area contributed by atoms with Crippen LogP contribution in [0.4, 0.5) is 0 Å². The molecule has 1 fully saturated rings. The maximum absolute atomic E-state index is 12.3. The second-order valence-corrected chi connectivity index (χ2v) is 7.21. The van der Waals surface area contributed by atoms with E-state index in [2.05, 4.69) is 15.0 Å². The van der Waals surface area contributed by atoms with Crippen LogP contribution in [0.1, 0.15) is 25.8 Å². The van der Waals surface area contributed by atoms with E-state index < -0.39 is 11.0 Å². The zero-order valence-corrected chi connectivity index (χ0v) is 14.4. The van der Waals surface area contributed by atoms with E-state index >= 15 is 0 Å². The maximum Gasteiger partial charge on any atom is 0.334 e. The maximum atomic E-state index is 12.3. The Kier molecular flexibility index (Phi) is 6.01. The normalized spacial score (nSPS) is 21.0. The Hall–Kier alpha value is -1.60. The predicted octanol–water partition coefficient (Wildman–Crippen LogP) is 1.54. The molecular formula is C16H22N2O4S. The summed E-state index contributed by atoms with van der Waals surface area (Å²) in [5, 5.41) is 2.67. The first-order valence-corrected chi connectivity index (χ1v) is 8.51. The quantitative estimate of drug-likeness (QED) is 0.788. The molecule has 0 spiro atoms. The summed E-state index contributed by atoms with van der Waals surface area (Å²) < 4.78 is 10.3. The summed E-state index contributed by atoms with van der Waals surface area (Å²) in [4.78, 5) is 27.7. The molecule has 1 saturated heterocycles. The van der Waals surface area contributed by atoms with Gasteiger partial charge in [0.1, 0.15) is 5.60 Å². The minimum atomic E-state index is -0.622. The lowest BCUT2D eigenvalue weighted by molar-refractivity contribution is -0.156. The molecule has 1 aliphatic rings. The Morgan fingerprint density at radius 3 is 2.91 bits per heavy atom. The second-order valence-electron chi connectivity index (χ2n) is 6.08. The Morgan fingerprint density at radius 1 is 1.48 bits per heavy atom. The summed E-state index contributed by atoms with van der Waals surface area (Å²) in [6.07, 6.45) is 4.33. The van der Waals surface area contributed by atoms with Crippen molar-refractivity contribution in [2.45, 2.75) is 43.7 Å². The smallest absolute Gasteiger partial charge is 0.334 e. The SMILES string of the molecule is COC(=O)CC1CSC(C(=O)OC(C)(C)Cc2cccnc2)N1. The number of esters is 2. The van der Waals surface area contributed by atoms with Crippen LogP contribution in [0.2, 0.25) is 0 Å². The van der Waals surface area contributed by atoms with Crippen molar-refractivity contribution in [1.29, 1.82) is 0 Å². The Morgan fingerprint density at radius 2 is 2.26 bits per heavy atom. The van der Waals surface area contributed by atoms with E-state index in [4.69, 9.17) is 4.74 Å². The van der Waals surface area contributed by atoms with Gasteiger partial charge in [0.15, 0.2) is 5.37 Å². The number of nitrogens with one attached hydrogen (secondary N) is 1. The van der Waals surface area contributed by atoms with Gasteiger partial charge < -0.3 is 9.47 Å². The number of aromatic nitrogens is 1. The number of ether oxygens (including phenoxy) is 2. The first-order chi connectivity index (χ1) is 10.9. The topological polar surface area (TPSA) is 77.5 Å². The number of rotatable bonds is 6. The second kappa shape index (κ2) is 7.79. The average molecular weight is 338 g/mol. The number of thioether (sulfide) groups is 1. The Balaban J connectivity index is 1.85. The molecule has 1 N–H and O–H groups in total. The van der Waals surface area contributed by atoms with Crippen molar-refractivity contribution in [3.8, 4) is 0 Å². The van der Waals surface area contributed by atoms with Crippen LogP contribution in [0.15, 0.2) is 24.5 Å². The van der Waals surface area contributed by atoms with Crippen LogP contribution in [-0.4, -0.2) is 46.8 Å². The third kappa shape index (κ3) is 5.51. The van der Waals surface area contributed by atoms with E-state index in [-0.39, 0.29) is 24.4 Å². The molecule has 23 heavy (non-hydrogen) atoms. The van der Waals surface area contributed by atoms with Crippen LogP contribution in [-0.2, 0) is 25.5 Å². The highest BCUT2D eigenvalue weighted by molar-refractivity contribution is 8.00. The highest BCUT2D eigenvalue weighted by Crippen LogP contribution is 2.25. The summed E-state index contributed by atoms with van der Waals surface area (Å²) in [5.74, 6) is 0.0861. The summed E-state index contributed by atoms with van der Waals surface area (Å²) in [6, 6.07) is 3.75. The van der Waals surface area contributed by atoms with Gasteiger partial charge in [0, 0.05) is 30.6 Å². The largest absolute Gasteiger partial charge is 0.469 e. The minimum Gasteiger partial charge on any atom is -0.469 e. The molecule has 0 aliphatic carbocycles. The predicted molar refractivity (Wildman–Crippen MR) is 87.9 cm³/mol. The number of nitrogens with zero attached hydrogens (tertiary/aromatic N) is 1. The number of hydrogen-bond acceptors (Lipinski definition) is 7. The lowest BCUT2D eigenvalue weighted by Crippen LogP contribution is -2.41. The van der Waals surface area contributed by atoms with E-state index in [1.54, 1.807) is 12.4 Å². The average Bonchev–Trinajstić information content (AvgIpc) is 2.95. The third-order valence-corrected chi connectivity index (χ3v) is 4.69. The minimum absolute atomic E-state index is 0.0635. The molecule has 0 radical (unpaired) electrons. The standard InChI is InChI=1S/C16H22N2O4S/c1-16(2,8-11-5-4-6-17-9-11)22-15(20)14-18-12(10-23-14)7-13(19)21-3/h4-6,9,12,14,18H,7-8,10H2,1-3H3. The van der Waals surface area contributed by atoms with Crippen LogP contribution in [0, 0.1) is 0 Å². The van der Waals surface area contributed by atoms with Gasteiger partial charge in [-0.05, 0) is 25.5 Å². The van der Waals surface area contributed by atoms with Crippen LogP contribution < -0.4 is 5.32 Å². The van der Waals surface area contributed by atoms with Gasteiger partial charge in [-0.15, -0.1) is 11.8 Å². The van der Waals surface area contributed by atoms with Gasteiger partial charge in [-0.1, -0.05) is 6.07 Å². The van der Waals surface area contributed by atoms with Gasteiger partial charge in [0.25, 0.3) is 0 Å². The third-order valence-electron chi connectivity index (χ3n) is 3.44. The van der Waals surface area contributed by atoms with E-state index in [9.17, 15) is 9.59 Å². The molecule has 2 unspecified atom stereocenters. The molecule has 2 rings (SSSR count). The van der Waals surface area contributed by atoms with Crippen molar-refractivity contribution in [2.75, 3.05) is 12.9 Å². The Bertz CT molecular complexity index is 550. The number of carbonyl (C=O) groups excluding carboxylic acids is 2. The molecule has 0 bridgehead atoms. The molecule has 126 valence electrons. The van der Waals surface area contributed by atoms with Crippen molar-refractivity contribution in [3.05, 3.63) is 30.1 Å². The van der Waals surface area contributed by atoms with Crippen molar-refractivity contribution >= 4 is 23.7 Å². The summed E-state index contributed by atoms with van der Waals surface area (Å²) in [6.45, 7) is 3.76. The van der Waals surface area contributed by atoms with Gasteiger partial charge in [-0.2, -0.15) is 0 Å².